The number of ether oxygens (including phenoxy) is 2. The van der Waals surface area contributed by atoms with E-state index >= 15 is 0 Å². The van der Waals surface area contributed by atoms with Crippen LogP contribution in [0.25, 0.3) is 11.1 Å². The molecule has 3 rings (SSSR count). The summed E-state index contributed by atoms with van der Waals surface area (Å²) in [6.45, 7) is 0. The number of nitrogens with zero attached hydrogens (tertiary/aromatic N) is 2. The number of methoxy groups -OCH3 is 1. The van der Waals surface area contributed by atoms with E-state index < -0.39 is 0 Å². The molecule has 1 aromatic carbocycles. The number of nitrogens with two attached hydrogens (primary N) is 1. The molecule has 0 unspecified atom stereocenters. The van der Waals surface area contributed by atoms with Gasteiger partial charge in [-0.05, 0) is 18.9 Å². The van der Waals surface area contributed by atoms with Gasteiger partial charge in [0.15, 0.2) is 11.5 Å². The van der Waals surface area contributed by atoms with E-state index in [-0.39, 0.29) is 0 Å². The minimum atomic E-state index is 0.299. The summed E-state index contributed by atoms with van der Waals surface area (Å²) in [6.07, 6.45) is 4.25. The van der Waals surface area contributed by atoms with Crippen molar-refractivity contribution in [3.63, 3.8) is 0 Å². The van der Waals surface area contributed by atoms with Crippen LogP contribution in [0.5, 0.6) is 11.5 Å². The van der Waals surface area contributed by atoms with Crippen LogP contribution in [-0.2, 0) is 7.05 Å². The van der Waals surface area contributed by atoms with Gasteiger partial charge in [-0.25, -0.2) is 0 Å². The first kappa shape index (κ1) is 11.9. The summed E-state index contributed by atoms with van der Waals surface area (Å²) in [7, 11) is 3.46. The maximum atomic E-state index is 6.05. The van der Waals surface area contributed by atoms with Crippen LogP contribution in [0.15, 0.2) is 24.4 Å². The largest absolute Gasteiger partial charge is 0.493 e. The van der Waals surface area contributed by atoms with Crippen molar-refractivity contribution in [1.29, 1.82) is 0 Å². The third kappa shape index (κ3) is 2.12. The van der Waals surface area contributed by atoms with Crippen LogP contribution in [0.3, 0.4) is 0 Å². The average Bonchev–Trinajstić information content (AvgIpc) is 3.17. The fraction of sp³-hybridized carbons (Fsp3) is 0.357. The topological polar surface area (TPSA) is 62.3 Å². The van der Waals surface area contributed by atoms with E-state index in [0.29, 0.717) is 11.9 Å². The molecule has 2 aromatic rings. The van der Waals surface area contributed by atoms with Crippen molar-refractivity contribution in [3.8, 4) is 22.6 Å². The summed E-state index contributed by atoms with van der Waals surface area (Å²) >= 11 is 0. The van der Waals surface area contributed by atoms with Crippen LogP contribution in [0, 0.1) is 0 Å². The molecule has 5 nitrogen and oxygen atoms in total. The molecule has 0 amide bonds. The third-order valence-corrected chi connectivity index (χ3v) is 3.28. The molecule has 0 atom stereocenters. The Hall–Kier alpha value is -2.17. The summed E-state index contributed by atoms with van der Waals surface area (Å²) in [4.78, 5) is 0. The average molecular weight is 259 g/mol. The first-order chi connectivity index (χ1) is 9.20. The Morgan fingerprint density at radius 1 is 1.32 bits per heavy atom. The highest BCUT2D eigenvalue weighted by Crippen LogP contribution is 2.42. The Morgan fingerprint density at radius 3 is 2.68 bits per heavy atom. The highest BCUT2D eigenvalue weighted by molar-refractivity contribution is 5.80. The molecule has 1 saturated carbocycles. The standard InChI is InChI=1S/C14H17N3O2/c1-17-14(15)11(8-16-17)10-4-3-5-12(18-2)13(10)19-9-6-7-9/h3-5,8-9H,6-7,15H2,1-2H3. The molecule has 100 valence electrons. The van der Waals surface area contributed by atoms with Gasteiger partial charge in [0.1, 0.15) is 5.82 Å². The number of nitrogen functional groups attached to an aromatic ring is 1. The van der Waals surface area contributed by atoms with Crippen LogP contribution in [0.1, 0.15) is 12.8 Å². The smallest absolute Gasteiger partial charge is 0.169 e. The molecule has 2 N–H and O–H groups in total. The van der Waals surface area contributed by atoms with Gasteiger partial charge in [-0.1, -0.05) is 12.1 Å². The van der Waals surface area contributed by atoms with Gasteiger partial charge in [-0.15, -0.1) is 0 Å². The molecule has 0 aliphatic heterocycles. The maximum absolute atomic E-state index is 6.05. The quantitative estimate of drug-likeness (QED) is 0.914. The molecule has 5 heteroatoms. The van der Waals surface area contributed by atoms with Gasteiger partial charge < -0.3 is 15.2 Å². The lowest BCUT2D eigenvalue weighted by atomic mass is 10.1. The van der Waals surface area contributed by atoms with Crippen molar-refractivity contribution in [3.05, 3.63) is 24.4 Å². The Morgan fingerprint density at radius 2 is 2.11 bits per heavy atom. The summed E-state index contributed by atoms with van der Waals surface area (Å²) < 4.78 is 13.0. The number of aryl methyl sites for hydroxylation is 1. The number of aromatic nitrogens is 2. The zero-order chi connectivity index (χ0) is 13.4. The minimum absolute atomic E-state index is 0.299. The highest BCUT2D eigenvalue weighted by Gasteiger charge is 2.27. The van der Waals surface area contributed by atoms with Gasteiger partial charge in [0, 0.05) is 18.2 Å². The zero-order valence-corrected chi connectivity index (χ0v) is 11.1. The van der Waals surface area contributed by atoms with Crippen molar-refractivity contribution in [2.75, 3.05) is 12.8 Å². The van der Waals surface area contributed by atoms with Crippen molar-refractivity contribution >= 4 is 5.82 Å². The first-order valence-electron chi connectivity index (χ1n) is 6.32. The van der Waals surface area contributed by atoms with Crippen molar-refractivity contribution in [2.24, 2.45) is 7.05 Å². The van der Waals surface area contributed by atoms with Crippen LogP contribution >= 0.6 is 0 Å². The number of hydrogen-bond donors (Lipinski definition) is 1. The molecule has 0 bridgehead atoms. The Bertz CT molecular complexity index is 603. The van der Waals surface area contributed by atoms with E-state index in [2.05, 4.69) is 5.10 Å². The van der Waals surface area contributed by atoms with E-state index in [1.807, 2.05) is 25.2 Å². The Balaban J connectivity index is 2.11. The van der Waals surface area contributed by atoms with Crippen LogP contribution in [-0.4, -0.2) is 23.0 Å². The molecule has 1 aromatic heterocycles. The summed E-state index contributed by atoms with van der Waals surface area (Å²) in [6, 6.07) is 5.81. The fourth-order valence-corrected chi connectivity index (χ4v) is 2.02. The van der Waals surface area contributed by atoms with Gasteiger partial charge in [0.2, 0.25) is 0 Å². The molecule has 0 saturated heterocycles. The molecular weight excluding hydrogens is 242 g/mol. The first-order valence-corrected chi connectivity index (χ1v) is 6.32. The lowest BCUT2D eigenvalue weighted by Gasteiger charge is -2.14. The second kappa shape index (κ2) is 4.50. The third-order valence-electron chi connectivity index (χ3n) is 3.28. The van der Waals surface area contributed by atoms with E-state index in [0.717, 1.165) is 35.5 Å². The lowest BCUT2D eigenvalue weighted by Crippen LogP contribution is -2.02. The van der Waals surface area contributed by atoms with Gasteiger partial charge in [-0.3, -0.25) is 4.68 Å². The molecule has 0 radical (unpaired) electrons. The molecule has 1 heterocycles. The maximum Gasteiger partial charge on any atom is 0.169 e. The second-order valence-electron chi connectivity index (χ2n) is 4.72. The minimum Gasteiger partial charge on any atom is -0.493 e. The lowest BCUT2D eigenvalue weighted by molar-refractivity contribution is 0.283. The molecule has 1 fully saturated rings. The number of hydrogen-bond acceptors (Lipinski definition) is 4. The number of benzene rings is 1. The summed E-state index contributed by atoms with van der Waals surface area (Å²) in [5.74, 6) is 2.11. The highest BCUT2D eigenvalue weighted by atomic mass is 16.5. The van der Waals surface area contributed by atoms with Crippen LogP contribution in [0.2, 0.25) is 0 Å². The van der Waals surface area contributed by atoms with Gasteiger partial charge >= 0.3 is 0 Å². The molecule has 1 aliphatic rings. The second-order valence-corrected chi connectivity index (χ2v) is 4.72. The SMILES string of the molecule is COc1cccc(-c2cnn(C)c2N)c1OC1CC1. The number of anilines is 1. The van der Waals surface area contributed by atoms with Gasteiger partial charge in [0.25, 0.3) is 0 Å². The van der Waals surface area contributed by atoms with E-state index in [4.69, 9.17) is 15.2 Å². The van der Waals surface area contributed by atoms with Crippen molar-refractivity contribution in [2.45, 2.75) is 18.9 Å². The number of rotatable bonds is 4. The molecular formula is C14H17N3O2. The van der Waals surface area contributed by atoms with E-state index in [1.165, 1.54) is 0 Å². The van der Waals surface area contributed by atoms with E-state index in [1.54, 1.807) is 18.0 Å². The number of para-hydroxylation sites is 1. The monoisotopic (exact) mass is 259 g/mol. The molecule has 19 heavy (non-hydrogen) atoms. The summed E-state index contributed by atoms with van der Waals surface area (Å²) in [5.41, 5.74) is 7.85. The Labute approximate surface area is 111 Å². The van der Waals surface area contributed by atoms with E-state index in [9.17, 15) is 0 Å². The predicted molar refractivity (Wildman–Crippen MR) is 73.3 cm³/mol. The normalized spacial score (nSPS) is 14.4. The zero-order valence-electron chi connectivity index (χ0n) is 11.1. The molecule has 1 aliphatic carbocycles. The van der Waals surface area contributed by atoms with Gasteiger partial charge in [-0.2, -0.15) is 5.10 Å². The predicted octanol–water partition coefficient (Wildman–Crippen LogP) is 2.22. The Kier molecular flexibility index (Phi) is 2.81. The van der Waals surface area contributed by atoms with Crippen molar-refractivity contribution in [1.82, 2.24) is 9.78 Å². The van der Waals surface area contributed by atoms with Crippen LogP contribution in [0.4, 0.5) is 5.82 Å². The summed E-state index contributed by atoms with van der Waals surface area (Å²) in [5, 5.41) is 4.18. The van der Waals surface area contributed by atoms with Crippen molar-refractivity contribution < 1.29 is 9.47 Å². The fourth-order valence-electron chi connectivity index (χ4n) is 2.02. The van der Waals surface area contributed by atoms with Crippen LogP contribution < -0.4 is 15.2 Å². The molecule has 0 spiro atoms. The van der Waals surface area contributed by atoms with Gasteiger partial charge in [0.05, 0.1) is 19.4 Å².